The quantitative estimate of drug-likeness (QED) is 0.783. The zero-order chi connectivity index (χ0) is 12.8. The molecule has 100 valence electrons. The molecule has 3 heteroatoms. The Balaban J connectivity index is 1.66. The minimum Gasteiger partial charge on any atom is -0.317 e. The number of piperidine rings is 1. The highest BCUT2D eigenvalue weighted by Crippen LogP contribution is 2.11. The van der Waals surface area contributed by atoms with Crippen molar-refractivity contribution in [1.29, 1.82) is 0 Å². The van der Waals surface area contributed by atoms with E-state index in [0.717, 1.165) is 44.1 Å². The number of rotatable bonds is 5. The number of halogens is 1. The number of hydrogen-bond acceptors (Lipinski definition) is 2. The van der Waals surface area contributed by atoms with Crippen molar-refractivity contribution in [3.63, 3.8) is 0 Å². The molecule has 0 saturated carbocycles. The van der Waals surface area contributed by atoms with Crippen molar-refractivity contribution in [3.8, 4) is 0 Å². The van der Waals surface area contributed by atoms with Crippen LogP contribution in [0.25, 0.3) is 0 Å². The summed E-state index contributed by atoms with van der Waals surface area (Å²) in [6, 6.07) is 5.40. The van der Waals surface area contributed by atoms with Crippen molar-refractivity contribution in [1.82, 2.24) is 10.6 Å². The Morgan fingerprint density at radius 3 is 2.83 bits per heavy atom. The SMILES string of the molecule is Cc1cc(CCNCC2CCNCC2)ccc1F. The van der Waals surface area contributed by atoms with E-state index < -0.39 is 0 Å². The van der Waals surface area contributed by atoms with Crippen molar-refractivity contribution < 1.29 is 4.39 Å². The lowest BCUT2D eigenvalue weighted by atomic mass is 9.98. The third kappa shape index (κ3) is 4.07. The molecular formula is C15H23FN2. The molecule has 0 unspecified atom stereocenters. The molecule has 0 aromatic heterocycles. The fraction of sp³-hybridized carbons (Fsp3) is 0.600. The van der Waals surface area contributed by atoms with Gasteiger partial charge in [-0.15, -0.1) is 0 Å². The Hall–Kier alpha value is -0.930. The second-order valence-corrected chi connectivity index (χ2v) is 5.23. The molecule has 0 bridgehead atoms. The largest absolute Gasteiger partial charge is 0.317 e. The van der Waals surface area contributed by atoms with Crippen molar-refractivity contribution in [2.24, 2.45) is 5.92 Å². The summed E-state index contributed by atoms with van der Waals surface area (Å²) in [6.45, 7) is 6.23. The first-order valence-electron chi connectivity index (χ1n) is 6.92. The van der Waals surface area contributed by atoms with Gasteiger partial charge in [-0.05, 0) is 75.5 Å². The van der Waals surface area contributed by atoms with Crippen LogP contribution in [0.2, 0.25) is 0 Å². The first-order chi connectivity index (χ1) is 8.75. The number of aryl methyl sites for hydroxylation is 1. The summed E-state index contributed by atoms with van der Waals surface area (Å²) in [4.78, 5) is 0. The van der Waals surface area contributed by atoms with E-state index in [-0.39, 0.29) is 5.82 Å². The normalized spacial score (nSPS) is 17.0. The van der Waals surface area contributed by atoms with Crippen molar-refractivity contribution >= 4 is 0 Å². The highest BCUT2D eigenvalue weighted by atomic mass is 19.1. The summed E-state index contributed by atoms with van der Waals surface area (Å²) in [5.74, 6) is 0.711. The van der Waals surface area contributed by atoms with Crippen LogP contribution in [0.3, 0.4) is 0 Å². The van der Waals surface area contributed by atoms with E-state index in [1.165, 1.54) is 18.4 Å². The van der Waals surface area contributed by atoms with Crippen LogP contribution in [-0.2, 0) is 6.42 Å². The van der Waals surface area contributed by atoms with Crippen LogP contribution >= 0.6 is 0 Å². The van der Waals surface area contributed by atoms with Crippen LogP contribution < -0.4 is 10.6 Å². The molecule has 18 heavy (non-hydrogen) atoms. The molecular weight excluding hydrogens is 227 g/mol. The molecule has 1 fully saturated rings. The third-order valence-corrected chi connectivity index (χ3v) is 3.70. The highest BCUT2D eigenvalue weighted by Gasteiger charge is 2.11. The van der Waals surface area contributed by atoms with Gasteiger partial charge in [-0.3, -0.25) is 0 Å². The molecule has 0 aliphatic carbocycles. The zero-order valence-electron chi connectivity index (χ0n) is 11.1. The maximum Gasteiger partial charge on any atom is 0.126 e. The van der Waals surface area contributed by atoms with Crippen LogP contribution in [0.5, 0.6) is 0 Å². The van der Waals surface area contributed by atoms with Crippen molar-refractivity contribution in [2.75, 3.05) is 26.2 Å². The average Bonchev–Trinajstić information content (AvgIpc) is 2.40. The van der Waals surface area contributed by atoms with Gasteiger partial charge in [-0.2, -0.15) is 0 Å². The van der Waals surface area contributed by atoms with Crippen molar-refractivity contribution in [2.45, 2.75) is 26.2 Å². The lowest BCUT2D eigenvalue weighted by Gasteiger charge is -2.22. The van der Waals surface area contributed by atoms with E-state index >= 15 is 0 Å². The van der Waals surface area contributed by atoms with E-state index in [2.05, 4.69) is 10.6 Å². The van der Waals surface area contributed by atoms with Gasteiger partial charge in [-0.25, -0.2) is 4.39 Å². The standard InChI is InChI=1S/C15H23FN2/c1-12-10-13(2-3-15(12)16)4-9-18-11-14-5-7-17-8-6-14/h2-3,10,14,17-18H,4-9,11H2,1H3. The number of benzene rings is 1. The predicted octanol–water partition coefficient (Wildman–Crippen LogP) is 2.27. The summed E-state index contributed by atoms with van der Waals surface area (Å²) in [5, 5.41) is 6.90. The maximum atomic E-state index is 13.1. The Bertz CT molecular complexity index is 373. The zero-order valence-corrected chi connectivity index (χ0v) is 11.1. The van der Waals surface area contributed by atoms with Gasteiger partial charge in [0.2, 0.25) is 0 Å². The van der Waals surface area contributed by atoms with E-state index in [0.29, 0.717) is 0 Å². The highest BCUT2D eigenvalue weighted by molar-refractivity contribution is 5.24. The van der Waals surface area contributed by atoms with Crippen LogP contribution in [0, 0.1) is 18.7 Å². The first kappa shape index (κ1) is 13.5. The Kier molecular flexibility index (Phi) is 5.14. The third-order valence-electron chi connectivity index (χ3n) is 3.70. The van der Waals surface area contributed by atoms with Gasteiger partial charge >= 0.3 is 0 Å². The minimum absolute atomic E-state index is 0.110. The fourth-order valence-corrected chi connectivity index (χ4v) is 2.49. The smallest absolute Gasteiger partial charge is 0.126 e. The van der Waals surface area contributed by atoms with Crippen LogP contribution in [0.15, 0.2) is 18.2 Å². The number of nitrogens with one attached hydrogen (secondary N) is 2. The molecule has 1 aromatic carbocycles. The van der Waals surface area contributed by atoms with Crippen LogP contribution in [0.1, 0.15) is 24.0 Å². The van der Waals surface area contributed by atoms with E-state index in [1.807, 2.05) is 19.1 Å². The van der Waals surface area contributed by atoms with Gasteiger partial charge in [0, 0.05) is 0 Å². The molecule has 1 aromatic rings. The lowest BCUT2D eigenvalue weighted by molar-refractivity contribution is 0.358. The summed E-state index contributed by atoms with van der Waals surface area (Å²) >= 11 is 0. The Morgan fingerprint density at radius 2 is 2.11 bits per heavy atom. The predicted molar refractivity (Wildman–Crippen MR) is 73.3 cm³/mol. The number of hydrogen-bond donors (Lipinski definition) is 2. The fourth-order valence-electron chi connectivity index (χ4n) is 2.49. The van der Waals surface area contributed by atoms with E-state index in [4.69, 9.17) is 0 Å². The van der Waals surface area contributed by atoms with Gasteiger partial charge in [0.25, 0.3) is 0 Å². The van der Waals surface area contributed by atoms with Gasteiger partial charge in [-0.1, -0.05) is 12.1 Å². The molecule has 1 saturated heterocycles. The van der Waals surface area contributed by atoms with E-state index in [1.54, 1.807) is 6.07 Å². The maximum absolute atomic E-state index is 13.1. The second kappa shape index (κ2) is 6.86. The summed E-state index contributed by atoms with van der Waals surface area (Å²) < 4.78 is 13.1. The molecule has 2 nitrogen and oxygen atoms in total. The van der Waals surface area contributed by atoms with Gasteiger partial charge < -0.3 is 10.6 Å². The van der Waals surface area contributed by atoms with Gasteiger partial charge in [0.1, 0.15) is 5.82 Å². The molecule has 0 spiro atoms. The minimum atomic E-state index is -0.110. The van der Waals surface area contributed by atoms with Crippen LogP contribution in [-0.4, -0.2) is 26.2 Å². The Labute approximate surface area is 109 Å². The first-order valence-corrected chi connectivity index (χ1v) is 6.92. The van der Waals surface area contributed by atoms with Gasteiger partial charge in [0.15, 0.2) is 0 Å². The molecule has 1 aliphatic rings. The molecule has 0 amide bonds. The molecule has 0 atom stereocenters. The van der Waals surface area contributed by atoms with Gasteiger partial charge in [0.05, 0.1) is 0 Å². The molecule has 1 aliphatic heterocycles. The monoisotopic (exact) mass is 250 g/mol. The molecule has 1 heterocycles. The summed E-state index contributed by atoms with van der Waals surface area (Å²) in [6.07, 6.45) is 3.54. The summed E-state index contributed by atoms with van der Waals surface area (Å²) in [5.41, 5.74) is 1.96. The lowest BCUT2D eigenvalue weighted by Crippen LogP contribution is -2.34. The molecule has 0 radical (unpaired) electrons. The van der Waals surface area contributed by atoms with Crippen molar-refractivity contribution in [3.05, 3.63) is 35.1 Å². The average molecular weight is 250 g/mol. The topological polar surface area (TPSA) is 24.1 Å². The molecule has 2 rings (SSSR count). The molecule has 2 N–H and O–H groups in total. The van der Waals surface area contributed by atoms with E-state index in [9.17, 15) is 4.39 Å². The second-order valence-electron chi connectivity index (χ2n) is 5.23. The van der Waals surface area contributed by atoms with Crippen LogP contribution in [0.4, 0.5) is 4.39 Å². The summed E-state index contributed by atoms with van der Waals surface area (Å²) in [7, 11) is 0. The Morgan fingerprint density at radius 1 is 1.33 bits per heavy atom.